The normalized spacial score (nSPS) is 12.5. The maximum absolute atomic E-state index is 12.8. The smallest absolute Gasteiger partial charge is 0.306 e. The van der Waals surface area contributed by atoms with Crippen molar-refractivity contribution < 1.29 is 28.6 Å². The molecule has 0 aromatic heterocycles. The predicted molar refractivity (Wildman–Crippen MR) is 275 cm³/mol. The summed E-state index contributed by atoms with van der Waals surface area (Å²) in [4.78, 5) is 38.0. The van der Waals surface area contributed by atoms with Gasteiger partial charge in [0.05, 0.1) is 0 Å². The molecule has 0 rings (SSSR count). The van der Waals surface area contributed by atoms with Crippen LogP contribution in [0.15, 0.2) is 60.8 Å². The SMILES string of the molecule is CCCCC/C=C\C/C=C\C/C=C\CCCCCCC(=O)O[C@H](COC(=O)CCCCCCCCCCCC)COC(=O)CCCCCCCCCCC/C=C\C/C=C\CCCCC. The molecule has 0 aromatic carbocycles. The molecule has 0 heterocycles. The molecule has 0 saturated carbocycles. The van der Waals surface area contributed by atoms with Gasteiger partial charge in [-0.25, -0.2) is 0 Å². The van der Waals surface area contributed by atoms with E-state index in [1.165, 1.54) is 141 Å². The Morgan fingerprint density at radius 3 is 0.906 bits per heavy atom. The first-order valence-corrected chi connectivity index (χ1v) is 27.3. The summed E-state index contributed by atoms with van der Waals surface area (Å²) >= 11 is 0. The second-order valence-electron chi connectivity index (χ2n) is 18.1. The lowest BCUT2D eigenvalue weighted by Crippen LogP contribution is -2.30. The number of hydrogen-bond donors (Lipinski definition) is 0. The Morgan fingerprint density at radius 1 is 0.312 bits per heavy atom. The minimum atomic E-state index is -0.785. The number of ether oxygens (including phenoxy) is 3. The summed E-state index contributed by atoms with van der Waals surface area (Å²) in [5.74, 6) is -0.904. The number of unbranched alkanes of at least 4 members (excludes halogenated alkanes) is 28. The van der Waals surface area contributed by atoms with Gasteiger partial charge in [-0.05, 0) is 89.9 Å². The third-order valence-electron chi connectivity index (χ3n) is 11.7. The third kappa shape index (κ3) is 50.1. The van der Waals surface area contributed by atoms with Crippen LogP contribution in [-0.4, -0.2) is 37.2 Å². The van der Waals surface area contributed by atoms with E-state index in [0.717, 1.165) is 89.9 Å². The fourth-order valence-electron chi connectivity index (χ4n) is 7.60. The van der Waals surface area contributed by atoms with Crippen molar-refractivity contribution in [2.45, 2.75) is 277 Å². The Bertz CT molecular complexity index is 1170. The Hall–Kier alpha value is -2.89. The fourth-order valence-corrected chi connectivity index (χ4v) is 7.60. The zero-order valence-electron chi connectivity index (χ0n) is 42.3. The first kappa shape index (κ1) is 61.1. The van der Waals surface area contributed by atoms with Crippen LogP contribution in [0.3, 0.4) is 0 Å². The molecule has 6 heteroatoms. The molecule has 0 aliphatic heterocycles. The number of esters is 3. The predicted octanol–water partition coefficient (Wildman–Crippen LogP) is 18.0. The number of carbonyl (C=O) groups is 3. The Labute approximate surface area is 396 Å². The van der Waals surface area contributed by atoms with E-state index >= 15 is 0 Å². The maximum Gasteiger partial charge on any atom is 0.306 e. The minimum absolute atomic E-state index is 0.0829. The fraction of sp³-hybridized carbons (Fsp3) is 0.776. The molecular formula is C58H102O6. The minimum Gasteiger partial charge on any atom is -0.462 e. The van der Waals surface area contributed by atoms with Gasteiger partial charge in [-0.2, -0.15) is 0 Å². The molecule has 0 unspecified atom stereocenters. The molecule has 0 fully saturated rings. The van der Waals surface area contributed by atoms with Gasteiger partial charge in [0.15, 0.2) is 6.10 Å². The van der Waals surface area contributed by atoms with Gasteiger partial charge < -0.3 is 14.2 Å². The molecule has 0 N–H and O–H groups in total. The quantitative estimate of drug-likeness (QED) is 0.0262. The summed E-state index contributed by atoms with van der Waals surface area (Å²) in [6.45, 7) is 6.57. The van der Waals surface area contributed by atoms with Crippen molar-refractivity contribution in [2.75, 3.05) is 13.2 Å². The molecule has 0 radical (unpaired) electrons. The van der Waals surface area contributed by atoms with E-state index in [4.69, 9.17) is 14.2 Å². The lowest BCUT2D eigenvalue weighted by atomic mass is 10.1. The molecule has 0 spiro atoms. The summed E-state index contributed by atoms with van der Waals surface area (Å²) in [7, 11) is 0. The molecular weight excluding hydrogens is 793 g/mol. The van der Waals surface area contributed by atoms with Crippen LogP contribution in [0.2, 0.25) is 0 Å². The average Bonchev–Trinajstić information content (AvgIpc) is 3.29. The van der Waals surface area contributed by atoms with E-state index in [1.54, 1.807) is 0 Å². The topological polar surface area (TPSA) is 78.9 Å². The molecule has 0 saturated heterocycles. The van der Waals surface area contributed by atoms with Crippen molar-refractivity contribution >= 4 is 17.9 Å². The molecule has 0 aliphatic carbocycles. The van der Waals surface area contributed by atoms with Crippen LogP contribution in [0.5, 0.6) is 0 Å². The van der Waals surface area contributed by atoms with Crippen molar-refractivity contribution in [1.29, 1.82) is 0 Å². The molecule has 0 bridgehead atoms. The monoisotopic (exact) mass is 895 g/mol. The first-order valence-electron chi connectivity index (χ1n) is 27.3. The van der Waals surface area contributed by atoms with E-state index in [0.29, 0.717) is 19.3 Å². The van der Waals surface area contributed by atoms with E-state index in [2.05, 4.69) is 81.5 Å². The van der Waals surface area contributed by atoms with Crippen LogP contribution in [0, 0.1) is 0 Å². The molecule has 1 atom stereocenters. The van der Waals surface area contributed by atoms with Crippen LogP contribution in [0.4, 0.5) is 0 Å². The molecule has 0 aromatic rings. The largest absolute Gasteiger partial charge is 0.462 e. The molecule has 0 amide bonds. The summed E-state index contributed by atoms with van der Waals surface area (Å²) < 4.78 is 16.8. The van der Waals surface area contributed by atoms with Gasteiger partial charge in [-0.15, -0.1) is 0 Å². The van der Waals surface area contributed by atoms with Gasteiger partial charge in [0.25, 0.3) is 0 Å². The number of rotatable bonds is 49. The summed E-state index contributed by atoms with van der Waals surface area (Å²) in [6.07, 6.45) is 64.9. The van der Waals surface area contributed by atoms with Crippen molar-refractivity contribution in [1.82, 2.24) is 0 Å². The lowest BCUT2D eigenvalue weighted by molar-refractivity contribution is -0.167. The van der Waals surface area contributed by atoms with Gasteiger partial charge in [0, 0.05) is 19.3 Å². The Balaban J connectivity index is 4.36. The van der Waals surface area contributed by atoms with Crippen LogP contribution < -0.4 is 0 Å². The van der Waals surface area contributed by atoms with Crippen LogP contribution >= 0.6 is 0 Å². The van der Waals surface area contributed by atoms with E-state index < -0.39 is 6.10 Å². The maximum atomic E-state index is 12.8. The average molecular weight is 895 g/mol. The van der Waals surface area contributed by atoms with Crippen molar-refractivity contribution in [3.05, 3.63) is 60.8 Å². The lowest BCUT2D eigenvalue weighted by Gasteiger charge is -2.18. The zero-order valence-corrected chi connectivity index (χ0v) is 42.3. The van der Waals surface area contributed by atoms with Gasteiger partial charge in [0.1, 0.15) is 13.2 Å². The molecule has 0 aliphatic rings. The van der Waals surface area contributed by atoms with Crippen LogP contribution in [0.1, 0.15) is 271 Å². The molecule has 6 nitrogen and oxygen atoms in total. The van der Waals surface area contributed by atoms with Crippen LogP contribution in [0.25, 0.3) is 0 Å². The van der Waals surface area contributed by atoms with Gasteiger partial charge in [-0.1, -0.05) is 223 Å². The summed E-state index contributed by atoms with van der Waals surface area (Å²) in [5.41, 5.74) is 0. The van der Waals surface area contributed by atoms with Crippen molar-refractivity contribution in [3.63, 3.8) is 0 Å². The highest BCUT2D eigenvalue weighted by Gasteiger charge is 2.19. The highest BCUT2D eigenvalue weighted by atomic mass is 16.6. The standard InChI is InChI=1S/C58H102O6/c1-4-7-10-13-16-19-22-24-26-28-29-31-32-34-36-39-42-45-48-51-57(60)63-54-55(53-62-56(59)50-47-44-41-38-21-18-15-12-9-6-3)64-58(61)52-49-46-43-40-37-35-33-30-27-25-23-20-17-14-11-8-5-2/h16-17,19-20,24-27,33,35,55H,4-15,18,21-23,28-32,34,36-54H2,1-3H3/b19-16-,20-17-,26-24-,27-25-,35-33-/t55-/m1/s1. The van der Waals surface area contributed by atoms with Gasteiger partial charge >= 0.3 is 17.9 Å². The number of allylic oxidation sites excluding steroid dienone is 10. The number of hydrogen-bond acceptors (Lipinski definition) is 6. The molecule has 64 heavy (non-hydrogen) atoms. The van der Waals surface area contributed by atoms with Crippen molar-refractivity contribution in [3.8, 4) is 0 Å². The summed E-state index contributed by atoms with van der Waals surface area (Å²) in [5, 5.41) is 0. The van der Waals surface area contributed by atoms with Crippen molar-refractivity contribution in [2.24, 2.45) is 0 Å². The third-order valence-corrected chi connectivity index (χ3v) is 11.7. The highest BCUT2D eigenvalue weighted by molar-refractivity contribution is 5.71. The highest BCUT2D eigenvalue weighted by Crippen LogP contribution is 2.15. The van der Waals surface area contributed by atoms with E-state index in [-0.39, 0.29) is 31.1 Å². The van der Waals surface area contributed by atoms with Gasteiger partial charge in [-0.3, -0.25) is 14.4 Å². The Kier molecular flexibility index (Phi) is 50.4. The van der Waals surface area contributed by atoms with Crippen LogP contribution in [-0.2, 0) is 28.6 Å². The molecule has 370 valence electrons. The zero-order chi connectivity index (χ0) is 46.5. The Morgan fingerprint density at radius 2 is 0.562 bits per heavy atom. The second kappa shape index (κ2) is 52.7. The summed E-state index contributed by atoms with van der Waals surface area (Å²) in [6, 6.07) is 0. The first-order chi connectivity index (χ1) is 31.5. The second-order valence-corrected chi connectivity index (χ2v) is 18.1. The number of carbonyl (C=O) groups excluding carboxylic acids is 3. The van der Waals surface area contributed by atoms with E-state index in [9.17, 15) is 14.4 Å². The van der Waals surface area contributed by atoms with E-state index in [1.807, 2.05) is 0 Å². The van der Waals surface area contributed by atoms with Gasteiger partial charge in [0.2, 0.25) is 0 Å².